The minimum Gasteiger partial charge on any atom is -0.322 e. The van der Waals surface area contributed by atoms with Crippen molar-refractivity contribution in [3.05, 3.63) is 64.6 Å². The zero-order valence-corrected chi connectivity index (χ0v) is 15.4. The summed E-state index contributed by atoms with van der Waals surface area (Å²) in [6.07, 6.45) is 0. The molecule has 0 bridgehead atoms. The van der Waals surface area contributed by atoms with Gasteiger partial charge in [-0.25, -0.2) is 4.79 Å². The maximum Gasteiger partial charge on any atom is 0.321 e. The lowest BCUT2D eigenvalue weighted by Crippen LogP contribution is -2.50. The van der Waals surface area contributed by atoms with E-state index >= 15 is 0 Å². The van der Waals surface area contributed by atoms with Crippen LogP contribution in [-0.2, 0) is 0 Å². The van der Waals surface area contributed by atoms with E-state index in [1.54, 1.807) is 0 Å². The number of hydrogen-bond donors (Lipinski definition) is 1. The fraction of sp³-hybridized carbons (Fsp3) is 0.316. The maximum atomic E-state index is 12.4. The molecular weight excluding hydrogens is 366 g/mol. The van der Waals surface area contributed by atoms with Gasteiger partial charge in [-0.15, -0.1) is 0 Å². The molecule has 1 fully saturated rings. The average Bonchev–Trinajstić information content (AvgIpc) is 2.62. The number of piperazine rings is 1. The Morgan fingerprint density at radius 3 is 2.42 bits per heavy atom. The molecule has 1 N–H and O–H groups in total. The number of rotatable bonds is 3. The summed E-state index contributed by atoms with van der Waals surface area (Å²) in [7, 11) is 0. The first kappa shape index (κ1) is 17.0. The molecule has 0 aliphatic carbocycles. The van der Waals surface area contributed by atoms with Crippen molar-refractivity contribution in [3.63, 3.8) is 0 Å². The molecule has 0 spiro atoms. The molecule has 2 aromatic rings. The molecule has 0 saturated carbocycles. The standard InChI is InChI=1S/C19H22BrN3O/c1-15(16-6-3-2-4-7-16)22-10-12-23(13-11-22)19(24)21-18-9-5-8-17(20)14-18/h2-9,14-15H,10-13H2,1H3,(H,21,24). The summed E-state index contributed by atoms with van der Waals surface area (Å²) in [5.74, 6) is 0. The average molecular weight is 388 g/mol. The number of carbonyl (C=O) groups is 1. The van der Waals surface area contributed by atoms with E-state index < -0.39 is 0 Å². The molecule has 1 aliphatic heterocycles. The Kier molecular flexibility index (Phi) is 5.53. The molecule has 3 rings (SSSR count). The number of halogens is 1. The van der Waals surface area contributed by atoms with Gasteiger partial charge in [-0.2, -0.15) is 0 Å². The zero-order chi connectivity index (χ0) is 16.9. The molecule has 1 aliphatic rings. The van der Waals surface area contributed by atoms with Gasteiger partial charge >= 0.3 is 6.03 Å². The number of urea groups is 1. The van der Waals surface area contributed by atoms with Gasteiger partial charge in [0.05, 0.1) is 0 Å². The third-order valence-electron chi connectivity index (χ3n) is 4.51. The highest BCUT2D eigenvalue weighted by molar-refractivity contribution is 9.10. The van der Waals surface area contributed by atoms with E-state index in [4.69, 9.17) is 0 Å². The number of benzene rings is 2. The van der Waals surface area contributed by atoms with E-state index in [1.165, 1.54) is 5.56 Å². The van der Waals surface area contributed by atoms with Crippen LogP contribution in [0.1, 0.15) is 18.5 Å². The van der Waals surface area contributed by atoms with Crippen molar-refractivity contribution in [2.24, 2.45) is 0 Å². The monoisotopic (exact) mass is 387 g/mol. The summed E-state index contributed by atoms with van der Waals surface area (Å²) in [5, 5.41) is 2.97. The van der Waals surface area contributed by atoms with E-state index in [1.807, 2.05) is 35.2 Å². The molecule has 2 aromatic carbocycles. The van der Waals surface area contributed by atoms with E-state index in [9.17, 15) is 4.79 Å². The number of nitrogens with zero attached hydrogens (tertiary/aromatic N) is 2. The van der Waals surface area contributed by atoms with Crippen molar-refractivity contribution in [3.8, 4) is 0 Å². The van der Waals surface area contributed by atoms with E-state index in [0.717, 1.165) is 36.3 Å². The fourth-order valence-electron chi connectivity index (χ4n) is 3.02. The van der Waals surface area contributed by atoms with Crippen LogP contribution in [0.3, 0.4) is 0 Å². The first-order valence-corrected chi connectivity index (χ1v) is 9.03. The minimum absolute atomic E-state index is 0.0277. The number of anilines is 1. The second-order valence-corrected chi connectivity index (χ2v) is 6.97. The molecule has 2 amide bonds. The zero-order valence-electron chi connectivity index (χ0n) is 13.8. The molecule has 1 heterocycles. The van der Waals surface area contributed by atoms with Crippen molar-refractivity contribution in [2.45, 2.75) is 13.0 Å². The molecule has 1 unspecified atom stereocenters. The van der Waals surface area contributed by atoms with Crippen molar-refractivity contribution >= 4 is 27.6 Å². The highest BCUT2D eigenvalue weighted by Gasteiger charge is 2.24. The second-order valence-electron chi connectivity index (χ2n) is 6.05. The molecule has 4 nitrogen and oxygen atoms in total. The summed E-state index contributed by atoms with van der Waals surface area (Å²) in [5.41, 5.74) is 2.14. The Morgan fingerprint density at radius 2 is 1.75 bits per heavy atom. The topological polar surface area (TPSA) is 35.6 Å². The van der Waals surface area contributed by atoms with Gasteiger partial charge in [0.15, 0.2) is 0 Å². The van der Waals surface area contributed by atoms with Crippen molar-refractivity contribution in [1.82, 2.24) is 9.80 Å². The number of amides is 2. The van der Waals surface area contributed by atoms with Gasteiger partial charge in [-0.05, 0) is 30.7 Å². The normalized spacial score (nSPS) is 16.7. The van der Waals surface area contributed by atoms with Gasteiger partial charge in [0.1, 0.15) is 0 Å². The number of hydrogen-bond acceptors (Lipinski definition) is 2. The predicted molar refractivity (Wildman–Crippen MR) is 101 cm³/mol. The largest absolute Gasteiger partial charge is 0.322 e. The summed E-state index contributed by atoms with van der Waals surface area (Å²) < 4.78 is 0.960. The van der Waals surface area contributed by atoms with Gasteiger partial charge in [0.25, 0.3) is 0 Å². The lowest BCUT2D eigenvalue weighted by molar-refractivity contribution is 0.119. The van der Waals surface area contributed by atoms with Crippen molar-refractivity contribution < 1.29 is 4.79 Å². The minimum atomic E-state index is -0.0277. The highest BCUT2D eigenvalue weighted by atomic mass is 79.9. The van der Waals surface area contributed by atoms with Crippen LogP contribution in [0.5, 0.6) is 0 Å². The third-order valence-corrected chi connectivity index (χ3v) is 5.00. The van der Waals surface area contributed by atoms with Crippen LogP contribution in [0.4, 0.5) is 10.5 Å². The third kappa shape index (κ3) is 4.16. The molecule has 126 valence electrons. The smallest absolute Gasteiger partial charge is 0.321 e. The second kappa shape index (κ2) is 7.81. The maximum absolute atomic E-state index is 12.4. The van der Waals surface area contributed by atoms with E-state index in [-0.39, 0.29) is 6.03 Å². The van der Waals surface area contributed by atoms with Crippen LogP contribution in [0.2, 0.25) is 0 Å². The quantitative estimate of drug-likeness (QED) is 0.848. The Hall–Kier alpha value is -1.85. The molecule has 0 radical (unpaired) electrons. The Balaban J connectivity index is 1.54. The van der Waals surface area contributed by atoms with Crippen molar-refractivity contribution in [1.29, 1.82) is 0 Å². The lowest BCUT2D eigenvalue weighted by Gasteiger charge is -2.38. The van der Waals surface area contributed by atoms with Crippen LogP contribution >= 0.6 is 15.9 Å². The molecule has 1 atom stereocenters. The van der Waals surface area contributed by atoms with Gasteiger partial charge in [0, 0.05) is 42.4 Å². The SMILES string of the molecule is CC(c1ccccc1)N1CCN(C(=O)Nc2cccc(Br)c2)CC1. The molecule has 24 heavy (non-hydrogen) atoms. The summed E-state index contributed by atoms with van der Waals surface area (Å²) >= 11 is 3.42. The molecule has 5 heteroatoms. The molecule has 0 aromatic heterocycles. The first-order chi connectivity index (χ1) is 11.6. The van der Waals surface area contributed by atoms with Gasteiger partial charge in [-0.1, -0.05) is 52.3 Å². The number of nitrogens with one attached hydrogen (secondary N) is 1. The van der Waals surface area contributed by atoms with Crippen LogP contribution in [-0.4, -0.2) is 42.0 Å². The Bertz CT molecular complexity index is 684. The summed E-state index contributed by atoms with van der Waals surface area (Å²) in [6.45, 7) is 5.50. The van der Waals surface area contributed by atoms with Crippen LogP contribution in [0.15, 0.2) is 59.1 Å². The van der Waals surface area contributed by atoms with Crippen molar-refractivity contribution in [2.75, 3.05) is 31.5 Å². The lowest BCUT2D eigenvalue weighted by atomic mass is 10.1. The highest BCUT2D eigenvalue weighted by Crippen LogP contribution is 2.22. The van der Waals surface area contributed by atoms with Gasteiger partial charge in [0.2, 0.25) is 0 Å². The number of carbonyl (C=O) groups excluding carboxylic acids is 1. The fourth-order valence-corrected chi connectivity index (χ4v) is 3.42. The summed E-state index contributed by atoms with van der Waals surface area (Å²) in [6, 6.07) is 18.5. The predicted octanol–water partition coefficient (Wildman–Crippen LogP) is 4.36. The van der Waals surface area contributed by atoms with Crippen LogP contribution in [0, 0.1) is 0 Å². The van der Waals surface area contributed by atoms with E-state index in [0.29, 0.717) is 6.04 Å². The van der Waals surface area contributed by atoms with Gasteiger partial charge < -0.3 is 10.2 Å². The Morgan fingerprint density at radius 1 is 1.04 bits per heavy atom. The molecule has 1 saturated heterocycles. The molecular formula is C19H22BrN3O. The van der Waals surface area contributed by atoms with Gasteiger partial charge in [-0.3, -0.25) is 4.90 Å². The van der Waals surface area contributed by atoms with E-state index in [2.05, 4.69) is 57.3 Å². The summed E-state index contributed by atoms with van der Waals surface area (Å²) in [4.78, 5) is 16.7. The Labute approximate surface area is 151 Å². The van der Waals surface area contributed by atoms with Crippen LogP contribution < -0.4 is 5.32 Å². The first-order valence-electron chi connectivity index (χ1n) is 8.24. The van der Waals surface area contributed by atoms with Crippen LogP contribution in [0.25, 0.3) is 0 Å².